The minimum Gasteiger partial charge on any atom is -0.368 e. The summed E-state index contributed by atoms with van der Waals surface area (Å²) < 4.78 is 0. The van der Waals surface area contributed by atoms with Crippen LogP contribution in [0.4, 0.5) is 5.69 Å². The molecule has 2 aliphatic heterocycles. The van der Waals surface area contributed by atoms with Crippen molar-refractivity contribution in [1.29, 1.82) is 0 Å². The van der Waals surface area contributed by atoms with Gasteiger partial charge >= 0.3 is 0 Å². The summed E-state index contributed by atoms with van der Waals surface area (Å²) in [6.07, 6.45) is 0.887. The molecule has 2 heterocycles. The molecule has 0 radical (unpaired) electrons. The zero-order chi connectivity index (χ0) is 22.2. The van der Waals surface area contributed by atoms with Crippen molar-refractivity contribution in [2.24, 2.45) is 10.9 Å². The van der Waals surface area contributed by atoms with Gasteiger partial charge in [0.15, 0.2) is 5.96 Å². The lowest BCUT2D eigenvalue weighted by Gasteiger charge is -2.36. The number of guanidine groups is 1. The molecule has 8 heteroatoms. The van der Waals surface area contributed by atoms with E-state index >= 15 is 0 Å². The molecule has 2 fully saturated rings. The maximum absolute atomic E-state index is 12.7. The van der Waals surface area contributed by atoms with Crippen molar-refractivity contribution in [3.8, 4) is 0 Å². The number of carbonyl (C=O) groups is 2. The molecule has 0 aliphatic carbocycles. The second-order valence-electron chi connectivity index (χ2n) is 8.47. The predicted molar refractivity (Wildman–Crippen MR) is 124 cm³/mol. The van der Waals surface area contributed by atoms with E-state index in [9.17, 15) is 9.59 Å². The molecule has 0 spiro atoms. The van der Waals surface area contributed by atoms with Crippen LogP contribution in [0.25, 0.3) is 0 Å². The van der Waals surface area contributed by atoms with Crippen LogP contribution in [0.2, 0.25) is 0 Å². The number of hydrogen-bond acceptors (Lipinski definition) is 4. The third-order valence-corrected chi connectivity index (χ3v) is 5.81. The summed E-state index contributed by atoms with van der Waals surface area (Å²) in [5.74, 6) is 0.896. The average molecular weight is 429 g/mol. The van der Waals surface area contributed by atoms with Crippen molar-refractivity contribution in [2.45, 2.75) is 33.2 Å². The van der Waals surface area contributed by atoms with Gasteiger partial charge in [0.05, 0.1) is 0 Å². The van der Waals surface area contributed by atoms with Gasteiger partial charge in [-0.25, -0.2) is 4.99 Å². The summed E-state index contributed by atoms with van der Waals surface area (Å²) >= 11 is 0. The monoisotopic (exact) mass is 428 g/mol. The van der Waals surface area contributed by atoms with E-state index in [1.54, 1.807) is 0 Å². The highest BCUT2D eigenvalue weighted by atomic mass is 16.2. The Bertz CT molecular complexity index is 759. The number of nitrogens with one attached hydrogen (secondary N) is 2. The number of amides is 2. The van der Waals surface area contributed by atoms with Crippen LogP contribution in [0.15, 0.2) is 35.3 Å². The number of anilines is 1. The summed E-state index contributed by atoms with van der Waals surface area (Å²) in [4.78, 5) is 35.5. The van der Waals surface area contributed by atoms with Gasteiger partial charge in [-0.15, -0.1) is 0 Å². The minimum atomic E-state index is 0.0145. The van der Waals surface area contributed by atoms with Crippen molar-refractivity contribution in [3.63, 3.8) is 0 Å². The van der Waals surface area contributed by atoms with Crippen LogP contribution in [0.3, 0.4) is 0 Å². The zero-order valence-corrected chi connectivity index (χ0v) is 19.0. The number of piperazine rings is 1. The molecule has 1 unspecified atom stereocenters. The van der Waals surface area contributed by atoms with Crippen molar-refractivity contribution in [2.75, 3.05) is 57.3 Å². The van der Waals surface area contributed by atoms with Crippen LogP contribution in [0.5, 0.6) is 0 Å². The summed E-state index contributed by atoms with van der Waals surface area (Å²) in [5, 5.41) is 6.61. The van der Waals surface area contributed by atoms with Gasteiger partial charge in [-0.3, -0.25) is 9.59 Å². The highest BCUT2D eigenvalue weighted by Crippen LogP contribution is 2.16. The fourth-order valence-electron chi connectivity index (χ4n) is 4.06. The average Bonchev–Trinajstić information content (AvgIpc) is 3.26. The number of carbonyl (C=O) groups excluding carboxylic acids is 2. The molecule has 1 aromatic rings. The quantitative estimate of drug-likeness (QED) is 0.525. The van der Waals surface area contributed by atoms with E-state index in [0.29, 0.717) is 25.6 Å². The first-order valence-electron chi connectivity index (χ1n) is 11.4. The Labute approximate surface area is 185 Å². The Morgan fingerprint density at radius 1 is 1.06 bits per heavy atom. The predicted octanol–water partition coefficient (Wildman–Crippen LogP) is 1.15. The van der Waals surface area contributed by atoms with Crippen LogP contribution in [0.1, 0.15) is 27.2 Å². The lowest BCUT2D eigenvalue weighted by molar-refractivity contribution is -0.133. The molecule has 1 atom stereocenters. The van der Waals surface area contributed by atoms with E-state index in [1.807, 2.05) is 48.8 Å². The van der Waals surface area contributed by atoms with E-state index in [2.05, 4.69) is 32.7 Å². The molecule has 0 saturated carbocycles. The molecule has 2 saturated heterocycles. The smallest absolute Gasteiger partial charge is 0.244 e. The Morgan fingerprint density at radius 3 is 2.42 bits per heavy atom. The zero-order valence-electron chi connectivity index (χ0n) is 19.0. The molecule has 8 nitrogen and oxygen atoms in total. The highest BCUT2D eigenvalue weighted by molar-refractivity contribution is 5.85. The van der Waals surface area contributed by atoms with Gasteiger partial charge in [0.1, 0.15) is 6.54 Å². The van der Waals surface area contributed by atoms with Crippen molar-refractivity contribution in [1.82, 2.24) is 20.4 Å². The number of nitrogens with zero attached hydrogens (tertiary/aromatic N) is 4. The molecule has 1 aromatic carbocycles. The van der Waals surface area contributed by atoms with Crippen LogP contribution in [-0.4, -0.2) is 86.0 Å². The molecule has 0 aromatic heterocycles. The van der Waals surface area contributed by atoms with Gasteiger partial charge in [-0.05, 0) is 25.5 Å². The summed E-state index contributed by atoms with van der Waals surface area (Å²) in [6.45, 7) is 11.2. The van der Waals surface area contributed by atoms with Crippen LogP contribution < -0.4 is 15.5 Å². The molecular formula is C23H36N6O2. The maximum atomic E-state index is 12.7. The first kappa shape index (κ1) is 22.9. The molecular weight excluding hydrogens is 392 g/mol. The fraction of sp³-hybridized carbons (Fsp3) is 0.609. The standard InChI is InChI=1S/C23H36N6O2/c1-4-24-23(26-19-10-11-29(17-19)22(31)18(2)3)25-16-21(30)28-14-12-27(13-15-28)20-8-6-5-7-9-20/h5-9,18-19H,4,10-17H2,1-3H3,(H2,24,25,26). The van der Waals surface area contributed by atoms with E-state index < -0.39 is 0 Å². The Balaban J connectivity index is 1.48. The molecule has 2 amide bonds. The van der Waals surface area contributed by atoms with E-state index in [4.69, 9.17) is 0 Å². The van der Waals surface area contributed by atoms with E-state index in [0.717, 1.165) is 32.6 Å². The molecule has 2 aliphatic rings. The van der Waals surface area contributed by atoms with Crippen LogP contribution >= 0.6 is 0 Å². The maximum Gasteiger partial charge on any atom is 0.244 e. The summed E-state index contributed by atoms with van der Waals surface area (Å²) in [6, 6.07) is 10.5. The van der Waals surface area contributed by atoms with Gasteiger partial charge in [0, 0.05) is 63.5 Å². The second kappa shape index (κ2) is 11.0. The Morgan fingerprint density at radius 2 is 1.77 bits per heavy atom. The number of rotatable bonds is 6. The number of benzene rings is 1. The van der Waals surface area contributed by atoms with Gasteiger partial charge in [-0.2, -0.15) is 0 Å². The fourth-order valence-corrected chi connectivity index (χ4v) is 4.06. The molecule has 3 rings (SSSR count). The Hall–Kier alpha value is -2.77. The SMILES string of the molecule is CCNC(=NCC(=O)N1CCN(c2ccccc2)CC1)NC1CCN(C(=O)C(C)C)C1. The third-order valence-electron chi connectivity index (χ3n) is 5.81. The van der Waals surface area contributed by atoms with Crippen molar-refractivity contribution < 1.29 is 9.59 Å². The first-order valence-corrected chi connectivity index (χ1v) is 11.4. The van der Waals surface area contributed by atoms with E-state index in [1.165, 1.54) is 5.69 Å². The lowest BCUT2D eigenvalue weighted by atomic mass is 10.2. The molecule has 2 N–H and O–H groups in total. The molecule has 0 bridgehead atoms. The third kappa shape index (κ3) is 6.35. The largest absolute Gasteiger partial charge is 0.368 e. The van der Waals surface area contributed by atoms with Crippen LogP contribution in [-0.2, 0) is 9.59 Å². The van der Waals surface area contributed by atoms with Gasteiger partial charge < -0.3 is 25.3 Å². The lowest BCUT2D eigenvalue weighted by Crippen LogP contribution is -2.50. The number of hydrogen-bond donors (Lipinski definition) is 2. The van der Waals surface area contributed by atoms with Gasteiger partial charge in [0.25, 0.3) is 0 Å². The number of likely N-dealkylation sites (tertiary alicyclic amines) is 1. The van der Waals surface area contributed by atoms with Crippen molar-refractivity contribution >= 4 is 23.5 Å². The summed E-state index contributed by atoms with van der Waals surface area (Å²) in [5.41, 5.74) is 1.20. The highest BCUT2D eigenvalue weighted by Gasteiger charge is 2.28. The topological polar surface area (TPSA) is 80.3 Å². The normalized spacial score (nSPS) is 19.7. The first-order chi connectivity index (χ1) is 15.0. The minimum absolute atomic E-state index is 0.0145. The molecule has 31 heavy (non-hydrogen) atoms. The van der Waals surface area contributed by atoms with E-state index in [-0.39, 0.29) is 30.3 Å². The Kier molecular flexibility index (Phi) is 8.14. The number of para-hydroxylation sites is 1. The second-order valence-corrected chi connectivity index (χ2v) is 8.47. The van der Waals surface area contributed by atoms with Gasteiger partial charge in [-0.1, -0.05) is 32.0 Å². The van der Waals surface area contributed by atoms with Crippen molar-refractivity contribution in [3.05, 3.63) is 30.3 Å². The summed E-state index contributed by atoms with van der Waals surface area (Å²) in [7, 11) is 0. The van der Waals surface area contributed by atoms with Gasteiger partial charge in [0.2, 0.25) is 11.8 Å². The molecule has 170 valence electrons. The van der Waals surface area contributed by atoms with Crippen LogP contribution in [0, 0.1) is 5.92 Å². The number of aliphatic imine (C=N–C) groups is 1.